The first-order chi connectivity index (χ1) is 19.6. The number of hydrogen-bond donors (Lipinski definition) is 0. The molecule has 0 radical (unpaired) electrons. The minimum absolute atomic E-state index is 0.0605. The molecule has 0 bridgehead atoms. The zero-order valence-electron chi connectivity index (χ0n) is 23.2. The summed E-state index contributed by atoms with van der Waals surface area (Å²) in [5.74, 6) is 0. The van der Waals surface area contributed by atoms with E-state index in [4.69, 9.17) is 0 Å². The Morgan fingerprint density at radius 3 is 2.50 bits per heavy atom. The summed E-state index contributed by atoms with van der Waals surface area (Å²) in [6, 6.07) is 36.0. The van der Waals surface area contributed by atoms with E-state index in [9.17, 15) is 0 Å². The molecule has 1 heteroatoms. The van der Waals surface area contributed by atoms with Gasteiger partial charge in [0.1, 0.15) is 0 Å². The summed E-state index contributed by atoms with van der Waals surface area (Å²) in [4.78, 5) is 0. The molecule has 1 fully saturated rings. The molecule has 0 saturated heterocycles. The number of rotatable bonds is 3. The van der Waals surface area contributed by atoms with Gasteiger partial charge < -0.3 is 4.57 Å². The molecule has 1 saturated carbocycles. The molecule has 4 aromatic carbocycles. The third kappa shape index (κ3) is 3.27. The molecule has 2 unspecified atom stereocenters. The van der Waals surface area contributed by atoms with Crippen LogP contribution < -0.4 is 0 Å². The summed E-state index contributed by atoms with van der Waals surface area (Å²) in [5.41, 5.74) is 14.0. The fourth-order valence-electron chi connectivity index (χ4n) is 7.70. The molecule has 1 heterocycles. The Kier molecular flexibility index (Phi) is 5.04. The molecular formula is C39H33N. The van der Waals surface area contributed by atoms with E-state index in [1.807, 2.05) is 0 Å². The highest BCUT2D eigenvalue weighted by molar-refractivity contribution is 5.90. The molecule has 3 aliphatic rings. The van der Waals surface area contributed by atoms with Crippen molar-refractivity contribution in [2.75, 3.05) is 0 Å². The van der Waals surface area contributed by atoms with E-state index in [1.165, 1.54) is 67.7 Å². The van der Waals surface area contributed by atoms with Crippen LogP contribution in [0.3, 0.4) is 0 Å². The normalized spacial score (nSPS) is 24.7. The van der Waals surface area contributed by atoms with E-state index >= 15 is 0 Å². The molecule has 8 rings (SSSR count). The molecule has 0 N–H and O–H groups in total. The fraction of sp³-hybridized carbons (Fsp3) is 0.179. The predicted octanol–water partition coefficient (Wildman–Crippen LogP) is 9.40. The van der Waals surface area contributed by atoms with Gasteiger partial charge in [-0.25, -0.2) is 0 Å². The van der Waals surface area contributed by atoms with E-state index in [0.717, 1.165) is 12.8 Å². The quantitative estimate of drug-likeness (QED) is 0.226. The molecule has 1 aromatic heterocycles. The van der Waals surface area contributed by atoms with Crippen LogP contribution in [0.2, 0.25) is 0 Å². The summed E-state index contributed by atoms with van der Waals surface area (Å²) in [5, 5.41) is 1.36. The average Bonchev–Trinajstić information content (AvgIpc) is 3.53. The van der Waals surface area contributed by atoms with Gasteiger partial charge in [-0.15, -0.1) is 0 Å². The molecule has 5 aromatic rings. The fourth-order valence-corrected chi connectivity index (χ4v) is 7.70. The van der Waals surface area contributed by atoms with Crippen molar-refractivity contribution < 1.29 is 0 Å². The Morgan fingerprint density at radius 2 is 1.60 bits per heavy atom. The largest absolute Gasteiger partial charge is 0.313 e. The number of aryl methyl sites for hydroxylation is 1. The zero-order valence-corrected chi connectivity index (χ0v) is 23.2. The van der Waals surface area contributed by atoms with E-state index in [-0.39, 0.29) is 10.8 Å². The average molecular weight is 516 g/mol. The highest BCUT2D eigenvalue weighted by Crippen LogP contribution is 2.71. The van der Waals surface area contributed by atoms with E-state index in [2.05, 4.69) is 146 Å². The van der Waals surface area contributed by atoms with Gasteiger partial charge in [0, 0.05) is 40.4 Å². The summed E-state index contributed by atoms with van der Waals surface area (Å²) < 4.78 is 2.47. The van der Waals surface area contributed by atoms with Crippen molar-refractivity contribution in [3.8, 4) is 5.69 Å². The summed E-state index contributed by atoms with van der Waals surface area (Å²) in [7, 11) is 0. The van der Waals surface area contributed by atoms with Crippen molar-refractivity contribution >= 4 is 22.6 Å². The number of aromatic nitrogens is 1. The lowest BCUT2D eigenvalue weighted by molar-refractivity contribution is 0.611. The Labute approximate surface area is 236 Å². The Morgan fingerprint density at radius 1 is 0.800 bits per heavy atom. The Bertz CT molecular complexity index is 1900. The van der Waals surface area contributed by atoms with E-state index < -0.39 is 0 Å². The van der Waals surface area contributed by atoms with Gasteiger partial charge in [0.25, 0.3) is 0 Å². The SMILES string of the molecule is Cc1ccc(/C2=C/C=C\Cc3c(c4ccccc4n3-c3ccccc3)C2)cc1C12CC1(C)C=Cc1ccccc12. The van der Waals surface area contributed by atoms with Crippen LogP contribution in [0.25, 0.3) is 28.2 Å². The third-order valence-corrected chi connectivity index (χ3v) is 9.82. The first kappa shape index (κ1) is 23.5. The molecule has 3 aliphatic carbocycles. The van der Waals surface area contributed by atoms with Crippen molar-refractivity contribution in [2.24, 2.45) is 5.41 Å². The number of benzene rings is 4. The number of fused-ring (bicyclic) bond motifs is 6. The van der Waals surface area contributed by atoms with Gasteiger partial charge in [-0.3, -0.25) is 0 Å². The second-order valence-electron chi connectivity index (χ2n) is 12.1. The maximum atomic E-state index is 2.52. The van der Waals surface area contributed by atoms with Gasteiger partial charge in [0.05, 0.1) is 5.52 Å². The molecule has 1 nitrogen and oxygen atoms in total. The lowest BCUT2D eigenvalue weighted by Crippen LogP contribution is -2.22. The van der Waals surface area contributed by atoms with Crippen LogP contribution in [0.4, 0.5) is 0 Å². The molecule has 0 spiro atoms. The summed E-state index contributed by atoms with van der Waals surface area (Å²) in [6.07, 6.45) is 14.8. The lowest BCUT2D eigenvalue weighted by Gasteiger charge is -2.29. The smallest absolute Gasteiger partial charge is 0.0534 e. The van der Waals surface area contributed by atoms with Crippen molar-refractivity contribution in [2.45, 2.75) is 38.5 Å². The van der Waals surface area contributed by atoms with Gasteiger partial charge in [-0.2, -0.15) is 0 Å². The second kappa shape index (κ2) is 8.57. The van der Waals surface area contributed by atoms with Crippen molar-refractivity contribution in [1.29, 1.82) is 0 Å². The standard InChI is InChI=1S/C39H33N/c1-27-20-21-30(25-35(27)39-26-38(39,2)23-22-28-12-6-9-17-34(28)39)29-13-7-10-19-37-33(24-29)32-16-8-11-18-36(32)40(37)31-14-4-3-5-15-31/h3-18,20-23,25H,19,24,26H2,1-2H3/b10-7-,29-13+. The number of para-hydroxylation sites is 2. The Balaban J connectivity index is 1.27. The molecule has 0 aliphatic heterocycles. The third-order valence-electron chi connectivity index (χ3n) is 9.82. The lowest BCUT2D eigenvalue weighted by atomic mass is 9.73. The van der Waals surface area contributed by atoms with Crippen LogP contribution in [0.5, 0.6) is 0 Å². The Hall–Kier alpha value is -4.36. The van der Waals surface area contributed by atoms with Crippen molar-refractivity contribution in [3.63, 3.8) is 0 Å². The van der Waals surface area contributed by atoms with Crippen LogP contribution in [-0.4, -0.2) is 4.57 Å². The van der Waals surface area contributed by atoms with Crippen LogP contribution in [0.1, 0.15) is 52.4 Å². The molecular weight excluding hydrogens is 482 g/mol. The van der Waals surface area contributed by atoms with Crippen LogP contribution in [0, 0.1) is 12.3 Å². The van der Waals surface area contributed by atoms with Gasteiger partial charge in [0.15, 0.2) is 0 Å². The number of allylic oxidation sites excluding steroid dienone is 5. The highest BCUT2D eigenvalue weighted by Gasteiger charge is 2.66. The van der Waals surface area contributed by atoms with Crippen LogP contribution in [-0.2, 0) is 18.3 Å². The minimum atomic E-state index is 0.0605. The summed E-state index contributed by atoms with van der Waals surface area (Å²) >= 11 is 0. The summed E-state index contributed by atoms with van der Waals surface area (Å²) in [6.45, 7) is 4.74. The highest BCUT2D eigenvalue weighted by atomic mass is 15.0. The first-order valence-corrected chi connectivity index (χ1v) is 14.5. The predicted molar refractivity (Wildman–Crippen MR) is 168 cm³/mol. The van der Waals surface area contributed by atoms with Crippen molar-refractivity contribution in [1.82, 2.24) is 4.57 Å². The van der Waals surface area contributed by atoms with Crippen LogP contribution in [0.15, 0.2) is 121 Å². The molecule has 194 valence electrons. The van der Waals surface area contributed by atoms with Crippen molar-refractivity contribution in [3.05, 3.63) is 160 Å². The minimum Gasteiger partial charge on any atom is -0.313 e. The van der Waals surface area contributed by atoms with Gasteiger partial charge >= 0.3 is 0 Å². The maximum absolute atomic E-state index is 2.52. The number of nitrogens with zero attached hydrogens (tertiary/aromatic N) is 1. The molecule has 40 heavy (non-hydrogen) atoms. The number of hydrogen-bond acceptors (Lipinski definition) is 0. The maximum Gasteiger partial charge on any atom is 0.0534 e. The second-order valence-corrected chi connectivity index (χ2v) is 12.1. The van der Waals surface area contributed by atoms with Gasteiger partial charge in [-0.1, -0.05) is 116 Å². The van der Waals surface area contributed by atoms with Crippen LogP contribution >= 0.6 is 0 Å². The zero-order chi connectivity index (χ0) is 26.9. The van der Waals surface area contributed by atoms with Gasteiger partial charge in [-0.05, 0) is 70.5 Å². The molecule has 2 atom stereocenters. The first-order valence-electron chi connectivity index (χ1n) is 14.5. The molecule has 0 amide bonds. The van der Waals surface area contributed by atoms with Gasteiger partial charge in [0.2, 0.25) is 0 Å². The van der Waals surface area contributed by atoms with E-state index in [1.54, 1.807) is 0 Å². The monoisotopic (exact) mass is 515 g/mol. The van der Waals surface area contributed by atoms with E-state index in [0.29, 0.717) is 0 Å². The topological polar surface area (TPSA) is 4.93 Å².